The molecule has 0 aliphatic rings. The number of carbonyl (C=O) groups is 1. The smallest absolute Gasteiger partial charge is 0.354 e. The van der Waals surface area contributed by atoms with Crippen LogP contribution in [0.2, 0.25) is 0 Å². The summed E-state index contributed by atoms with van der Waals surface area (Å²) in [5.74, 6) is -0.523. The predicted molar refractivity (Wildman–Crippen MR) is 82.8 cm³/mol. The van der Waals surface area contributed by atoms with Gasteiger partial charge in [-0.05, 0) is 18.1 Å². The average Bonchev–Trinajstić information content (AvgIpc) is 2.46. The molecule has 0 radical (unpaired) electrons. The van der Waals surface area contributed by atoms with Crippen LogP contribution in [-0.2, 0) is 4.74 Å². The molecule has 0 saturated carbocycles. The van der Waals surface area contributed by atoms with Crippen LogP contribution >= 0.6 is 0 Å². The third-order valence-corrected chi connectivity index (χ3v) is 2.95. The van der Waals surface area contributed by atoms with Crippen LogP contribution in [0.1, 0.15) is 24.3 Å². The zero-order chi connectivity index (χ0) is 15.2. The number of nitrogens with one attached hydrogen (secondary N) is 1. The Morgan fingerprint density at radius 1 is 1.38 bits per heavy atom. The highest BCUT2D eigenvalue weighted by Crippen LogP contribution is 2.23. The van der Waals surface area contributed by atoms with Crippen LogP contribution < -0.4 is 5.32 Å². The lowest BCUT2D eigenvalue weighted by molar-refractivity contribution is 0.0691. The summed E-state index contributed by atoms with van der Waals surface area (Å²) in [5, 5.41) is 13.3. The van der Waals surface area contributed by atoms with Crippen molar-refractivity contribution in [2.75, 3.05) is 25.1 Å². The highest BCUT2D eigenvalue weighted by molar-refractivity contribution is 5.97. The van der Waals surface area contributed by atoms with Gasteiger partial charge in [-0.1, -0.05) is 32.0 Å². The number of benzene rings is 1. The molecule has 0 fully saturated rings. The number of ether oxygens (including phenoxy) is 1. The van der Waals surface area contributed by atoms with Crippen molar-refractivity contribution in [3.8, 4) is 0 Å². The Morgan fingerprint density at radius 3 is 2.86 bits per heavy atom. The molecule has 0 unspecified atom stereocenters. The standard InChI is InChI=1S/C16H20N2O3/c1-11(2)10-21-8-7-17-14-9-15(16(19)20)18-13-6-4-3-5-12(13)14/h3-6,9,11H,7-8,10H2,1-2H3,(H,17,18)(H,19,20). The van der Waals surface area contributed by atoms with Crippen molar-refractivity contribution >= 4 is 22.6 Å². The Balaban J connectivity index is 2.12. The zero-order valence-corrected chi connectivity index (χ0v) is 12.3. The summed E-state index contributed by atoms with van der Waals surface area (Å²) >= 11 is 0. The third kappa shape index (κ3) is 4.16. The molecule has 0 aliphatic carbocycles. The van der Waals surface area contributed by atoms with Crippen molar-refractivity contribution in [1.29, 1.82) is 0 Å². The highest BCUT2D eigenvalue weighted by Gasteiger charge is 2.10. The van der Waals surface area contributed by atoms with Gasteiger partial charge in [-0.3, -0.25) is 0 Å². The van der Waals surface area contributed by atoms with Gasteiger partial charge in [0.05, 0.1) is 12.1 Å². The lowest BCUT2D eigenvalue weighted by Gasteiger charge is -2.11. The van der Waals surface area contributed by atoms with Crippen molar-refractivity contribution in [1.82, 2.24) is 4.98 Å². The van der Waals surface area contributed by atoms with Gasteiger partial charge in [-0.15, -0.1) is 0 Å². The summed E-state index contributed by atoms with van der Waals surface area (Å²) in [5.41, 5.74) is 1.48. The quantitative estimate of drug-likeness (QED) is 0.766. The molecule has 5 heteroatoms. The summed E-state index contributed by atoms with van der Waals surface area (Å²) in [6.45, 7) is 6.13. The van der Waals surface area contributed by atoms with Crippen LogP contribution in [-0.4, -0.2) is 35.8 Å². The van der Waals surface area contributed by atoms with Crippen molar-refractivity contribution in [3.05, 3.63) is 36.0 Å². The molecule has 5 nitrogen and oxygen atoms in total. The normalized spacial score (nSPS) is 11.0. The summed E-state index contributed by atoms with van der Waals surface area (Å²) in [7, 11) is 0. The molecular formula is C16H20N2O3. The average molecular weight is 288 g/mol. The number of hydrogen-bond donors (Lipinski definition) is 2. The minimum Gasteiger partial charge on any atom is -0.477 e. The lowest BCUT2D eigenvalue weighted by Crippen LogP contribution is -2.13. The molecular weight excluding hydrogens is 268 g/mol. The highest BCUT2D eigenvalue weighted by atomic mass is 16.5. The zero-order valence-electron chi connectivity index (χ0n) is 12.3. The number of nitrogens with zero attached hydrogens (tertiary/aromatic N) is 1. The molecule has 0 spiro atoms. The number of carboxylic acids is 1. The van der Waals surface area contributed by atoms with Gasteiger partial charge in [-0.25, -0.2) is 9.78 Å². The second-order valence-electron chi connectivity index (χ2n) is 5.27. The Morgan fingerprint density at radius 2 is 2.14 bits per heavy atom. The number of aromatic nitrogens is 1. The van der Waals surface area contributed by atoms with Gasteiger partial charge in [0, 0.05) is 24.2 Å². The second kappa shape index (κ2) is 7.04. The van der Waals surface area contributed by atoms with Crippen LogP contribution in [0, 0.1) is 5.92 Å². The summed E-state index contributed by atoms with van der Waals surface area (Å²) in [4.78, 5) is 15.3. The monoisotopic (exact) mass is 288 g/mol. The SMILES string of the molecule is CC(C)COCCNc1cc(C(=O)O)nc2ccccc12. The van der Waals surface area contributed by atoms with E-state index >= 15 is 0 Å². The summed E-state index contributed by atoms with van der Waals surface area (Å²) < 4.78 is 5.51. The fourth-order valence-electron chi connectivity index (χ4n) is 2.01. The van der Waals surface area contributed by atoms with Gasteiger partial charge in [0.25, 0.3) is 0 Å². The van der Waals surface area contributed by atoms with Crippen molar-refractivity contribution in [3.63, 3.8) is 0 Å². The summed E-state index contributed by atoms with van der Waals surface area (Å²) in [6.07, 6.45) is 0. The fraction of sp³-hybridized carbons (Fsp3) is 0.375. The number of anilines is 1. The molecule has 2 aromatic rings. The van der Waals surface area contributed by atoms with Crippen LogP contribution in [0.5, 0.6) is 0 Å². The maximum Gasteiger partial charge on any atom is 0.354 e. The number of aromatic carboxylic acids is 1. The molecule has 1 heterocycles. The van der Waals surface area contributed by atoms with E-state index in [2.05, 4.69) is 24.1 Å². The predicted octanol–water partition coefficient (Wildman–Crippen LogP) is 3.02. The molecule has 2 N–H and O–H groups in total. The molecule has 0 saturated heterocycles. The van der Waals surface area contributed by atoms with E-state index in [1.54, 1.807) is 6.07 Å². The van der Waals surface area contributed by atoms with Crippen molar-refractivity contribution < 1.29 is 14.6 Å². The molecule has 21 heavy (non-hydrogen) atoms. The molecule has 0 amide bonds. The van der Waals surface area contributed by atoms with Crippen LogP contribution in [0.15, 0.2) is 30.3 Å². The third-order valence-electron chi connectivity index (χ3n) is 2.95. The Kier molecular flexibility index (Phi) is 5.11. The molecule has 0 atom stereocenters. The Hall–Kier alpha value is -2.14. The van der Waals surface area contributed by atoms with Crippen molar-refractivity contribution in [2.24, 2.45) is 5.92 Å². The largest absolute Gasteiger partial charge is 0.477 e. The van der Waals surface area contributed by atoms with Crippen LogP contribution in [0.4, 0.5) is 5.69 Å². The van der Waals surface area contributed by atoms with Gasteiger partial charge in [0.15, 0.2) is 5.69 Å². The number of carboxylic acid groups (broad SMARTS) is 1. The van der Waals surface area contributed by atoms with Gasteiger partial charge < -0.3 is 15.2 Å². The first kappa shape index (κ1) is 15.3. The maximum absolute atomic E-state index is 11.1. The minimum absolute atomic E-state index is 0.0410. The molecule has 1 aromatic heterocycles. The van der Waals surface area contributed by atoms with E-state index in [1.165, 1.54) is 0 Å². The van der Waals surface area contributed by atoms with Gasteiger partial charge in [0.1, 0.15) is 0 Å². The number of rotatable bonds is 7. The Bertz CT molecular complexity index is 626. The molecule has 0 bridgehead atoms. The first-order valence-electron chi connectivity index (χ1n) is 7.02. The van der Waals surface area contributed by atoms with E-state index in [9.17, 15) is 4.79 Å². The minimum atomic E-state index is -1.03. The van der Waals surface area contributed by atoms with E-state index in [-0.39, 0.29) is 5.69 Å². The van der Waals surface area contributed by atoms with E-state index in [4.69, 9.17) is 9.84 Å². The van der Waals surface area contributed by atoms with Gasteiger partial charge in [-0.2, -0.15) is 0 Å². The number of fused-ring (bicyclic) bond motifs is 1. The number of para-hydroxylation sites is 1. The molecule has 1 aromatic carbocycles. The fourth-order valence-corrected chi connectivity index (χ4v) is 2.01. The maximum atomic E-state index is 11.1. The van der Waals surface area contributed by atoms with Crippen molar-refractivity contribution in [2.45, 2.75) is 13.8 Å². The lowest BCUT2D eigenvalue weighted by atomic mass is 10.1. The van der Waals surface area contributed by atoms with Gasteiger partial charge in [0.2, 0.25) is 0 Å². The molecule has 112 valence electrons. The van der Waals surface area contributed by atoms with Crippen LogP contribution in [0.25, 0.3) is 10.9 Å². The van der Waals surface area contributed by atoms with E-state index in [0.717, 1.165) is 17.7 Å². The van der Waals surface area contributed by atoms with Crippen LogP contribution in [0.3, 0.4) is 0 Å². The summed E-state index contributed by atoms with van der Waals surface area (Å²) in [6, 6.07) is 9.04. The van der Waals surface area contributed by atoms with E-state index in [1.807, 2.05) is 24.3 Å². The number of hydrogen-bond acceptors (Lipinski definition) is 4. The molecule has 2 rings (SSSR count). The Labute approximate surface area is 124 Å². The first-order chi connectivity index (χ1) is 10.1. The van der Waals surface area contributed by atoms with E-state index in [0.29, 0.717) is 24.6 Å². The second-order valence-corrected chi connectivity index (χ2v) is 5.27. The topological polar surface area (TPSA) is 71.5 Å². The first-order valence-corrected chi connectivity index (χ1v) is 7.02. The number of pyridine rings is 1. The molecule has 0 aliphatic heterocycles. The van der Waals surface area contributed by atoms with E-state index < -0.39 is 5.97 Å². The van der Waals surface area contributed by atoms with Gasteiger partial charge >= 0.3 is 5.97 Å².